The number of carboxylic acid groups (broad SMARTS) is 1. The molecule has 0 aromatic heterocycles. The molecule has 0 radical (unpaired) electrons. The molecule has 0 aliphatic rings. The van der Waals surface area contributed by atoms with Crippen LogP contribution in [0.4, 0.5) is 0 Å². The first-order valence-electron chi connectivity index (χ1n) is 24.7. The van der Waals surface area contributed by atoms with Gasteiger partial charge in [-0.05, 0) is 64.2 Å². The highest BCUT2D eigenvalue weighted by Gasteiger charge is 2.25. The molecule has 0 aliphatic heterocycles. The minimum absolute atomic E-state index is 0.0153. The number of aliphatic carboxylic acids is 1. The van der Waals surface area contributed by atoms with Gasteiger partial charge in [0.2, 0.25) is 0 Å². The van der Waals surface area contributed by atoms with E-state index in [4.69, 9.17) is 14.2 Å². The number of rotatable bonds is 44. The Bertz CT molecular complexity index is 1120. The predicted octanol–water partition coefficient (Wildman–Crippen LogP) is 12.6. The largest absolute Gasteiger partial charge is 0.544 e. The summed E-state index contributed by atoms with van der Waals surface area (Å²) in [5, 5.41) is 11.6. The lowest BCUT2D eigenvalue weighted by molar-refractivity contribution is -0.889. The molecule has 0 spiro atoms. The molecule has 0 saturated carbocycles. The van der Waals surface area contributed by atoms with E-state index in [1.54, 1.807) is 21.1 Å². The Balaban J connectivity index is 4.27. The number of likely N-dealkylation sites (N-methyl/N-ethyl adjacent to an activating group) is 1. The molecule has 8 nitrogen and oxygen atoms in total. The van der Waals surface area contributed by atoms with Crippen LogP contribution in [0.1, 0.15) is 213 Å². The van der Waals surface area contributed by atoms with Crippen molar-refractivity contribution in [1.82, 2.24) is 0 Å². The molecule has 348 valence electrons. The van der Waals surface area contributed by atoms with Crippen LogP contribution < -0.4 is 5.11 Å². The van der Waals surface area contributed by atoms with Crippen molar-refractivity contribution in [3.63, 3.8) is 0 Å². The molecular weight excluding hydrogens is 751 g/mol. The topological polar surface area (TPSA) is 102 Å². The SMILES string of the molecule is CCCCCCCC/C=C/C/C=C/CCC(=O)OC(COCCC(C(=O)[O-])[N+](C)(C)C)COC(=O)CCCCCCCCC/C=C/C/C=C/CCCCCCCCCCC. The molecular formula is C52H93NO7. The quantitative estimate of drug-likeness (QED) is 0.0260. The molecule has 0 aromatic rings. The fourth-order valence-corrected chi connectivity index (χ4v) is 7.10. The molecule has 0 fully saturated rings. The predicted molar refractivity (Wildman–Crippen MR) is 250 cm³/mol. The van der Waals surface area contributed by atoms with E-state index in [1.807, 2.05) is 6.08 Å². The summed E-state index contributed by atoms with van der Waals surface area (Å²) in [6.45, 7) is 4.59. The lowest BCUT2D eigenvalue weighted by atomic mass is 10.1. The van der Waals surface area contributed by atoms with Gasteiger partial charge in [0.05, 0.1) is 40.3 Å². The molecule has 2 unspecified atom stereocenters. The van der Waals surface area contributed by atoms with Gasteiger partial charge in [0, 0.05) is 19.3 Å². The van der Waals surface area contributed by atoms with E-state index < -0.39 is 18.1 Å². The number of esters is 2. The van der Waals surface area contributed by atoms with Crippen LogP contribution in [0, 0.1) is 0 Å². The van der Waals surface area contributed by atoms with Gasteiger partial charge in [-0.25, -0.2) is 0 Å². The van der Waals surface area contributed by atoms with Gasteiger partial charge in [-0.3, -0.25) is 9.59 Å². The number of allylic oxidation sites excluding steroid dienone is 8. The Morgan fingerprint density at radius 1 is 0.500 bits per heavy atom. The number of carbonyl (C=O) groups excluding carboxylic acids is 3. The zero-order valence-corrected chi connectivity index (χ0v) is 39.6. The maximum atomic E-state index is 12.7. The minimum atomic E-state index is -1.13. The Hall–Kier alpha value is -2.71. The van der Waals surface area contributed by atoms with Crippen molar-refractivity contribution in [3.8, 4) is 0 Å². The van der Waals surface area contributed by atoms with Crippen molar-refractivity contribution in [1.29, 1.82) is 0 Å². The van der Waals surface area contributed by atoms with Crippen LogP contribution >= 0.6 is 0 Å². The van der Waals surface area contributed by atoms with Crippen molar-refractivity contribution in [2.75, 3.05) is 41.0 Å². The van der Waals surface area contributed by atoms with Gasteiger partial charge >= 0.3 is 11.9 Å². The summed E-state index contributed by atoms with van der Waals surface area (Å²) in [7, 11) is 5.39. The number of ether oxygens (including phenoxy) is 3. The molecule has 0 rings (SSSR count). The number of quaternary nitrogens is 1. The molecule has 0 saturated heterocycles. The van der Waals surface area contributed by atoms with Gasteiger partial charge < -0.3 is 28.6 Å². The van der Waals surface area contributed by atoms with Gasteiger partial charge in [-0.15, -0.1) is 0 Å². The molecule has 8 heteroatoms. The number of hydrogen-bond acceptors (Lipinski definition) is 7. The average molecular weight is 844 g/mol. The fourth-order valence-electron chi connectivity index (χ4n) is 7.10. The number of carboxylic acids is 1. The number of unbranched alkanes of at least 4 members (excludes halogenated alkanes) is 22. The molecule has 0 aromatic carbocycles. The Kier molecular flexibility index (Phi) is 41.0. The summed E-state index contributed by atoms with van der Waals surface area (Å²) in [5.41, 5.74) is 0. The van der Waals surface area contributed by atoms with E-state index in [1.165, 1.54) is 128 Å². The average Bonchev–Trinajstić information content (AvgIpc) is 3.21. The second-order valence-corrected chi connectivity index (χ2v) is 17.7. The number of nitrogens with zero attached hydrogens (tertiary/aromatic N) is 1. The zero-order chi connectivity index (χ0) is 44.2. The second kappa shape index (κ2) is 43.0. The van der Waals surface area contributed by atoms with Crippen LogP contribution in [-0.2, 0) is 28.6 Å². The normalized spacial score (nSPS) is 13.3. The summed E-state index contributed by atoms with van der Waals surface area (Å²) in [6.07, 6.45) is 51.6. The van der Waals surface area contributed by atoms with Gasteiger partial charge in [0.25, 0.3) is 0 Å². The van der Waals surface area contributed by atoms with E-state index in [2.05, 4.69) is 56.4 Å². The lowest BCUT2D eigenvalue weighted by Crippen LogP contribution is -2.55. The summed E-state index contributed by atoms with van der Waals surface area (Å²) in [5.74, 6) is -1.83. The third kappa shape index (κ3) is 40.7. The highest BCUT2D eigenvalue weighted by Crippen LogP contribution is 2.14. The Morgan fingerprint density at radius 3 is 1.35 bits per heavy atom. The highest BCUT2D eigenvalue weighted by atomic mass is 16.6. The molecule has 2 atom stereocenters. The van der Waals surface area contributed by atoms with Crippen molar-refractivity contribution in [3.05, 3.63) is 48.6 Å². The smallest absolute Gasteiger partial charge is 0.306 e. The molecule has 0 aliphatic carbocycles. The minimum Gasteiger partial charge on any atom is -0.544 e. The zero-order valence-electron chi connectivity index (χ0n) is 39.6. The van der Waals surface area contributed by atoms with Gasteiger partial charge in [-0.2, -0.15) is 0 Å². The third-order valence-corrected chi connectivity index (χ3v) is 11.0. The van der Waals surface area contributed by atoms with E-state index in [-0.39, 0.29) is 49.1 Å². The van der Waals surface area contributed by atoms with E-state index in [0.29, 0.717) is 12.8 Å². The van der Waals surface area contributed by atoms with Crippen molar-refractivity contribution in [2.45, 2.75) is 225 Å². The van der Waals surface area contributed by atoms with Crippen LogP contribution in [0.15, 0.2) is 48.6 Å². The third-order valence-electron chi connectivity index (χ3n) is 11.0. The molecule has 0 N–H and O–H groups in total. The maximum Gasteiger partial charge on any atom is 0.306 e. The van der Waals surface area contributed by atoms with Crippen molar-refractivity contribution < 1.29 is 38.2 Å². The Morgan fingerprint density at radius 2 is 0.917 bits per heavy atom. The fraction of sp³-hybridized carbons (Fsp3) is 0.788. The van der Waals surface area contributed by atoms with E-state index >= 15 is 0 Å². The standard InChI is InChI=1S/C52H93NO7/c1-6-8-10-12-14-16-18-20-21-22-23-24-25-26-27-28-29-31-32-34-36-38-40-42-50(54)59-47-48(46-58-45-44-49(52(56)57)53(3,4)5)60-51(55)43-41-39-37-35-33-30-19-17-15-13-11-9-7-2/h23-24,26-27,30,33,37,39,48-49H,6-22,25,28-29,31-32,34-36,38,40-47H2,1-5H3/b24-23+,27-26+,33-30+,39-37+. The summed E-state index contributed by atoms with van der Waals surface area (Å²) in [6, 6.07) is -0.736. The maximum absolute atomic E-state index is 12.7. The van der Waals surface area contributed by atoms with E-state index in [0.717, 1.165) is 44.9 Å². The van der Waals surface area contributed by atoms with Gasteiger partial charge in [0.1, 0.15) is 12.6 Å². The molecule has 0 bridgehead atoms. The first kappa shape index (κ1) is 57.3. The van der Waals surface area contributed by atoms with Crippen molar-refractivity contribution in [2.24, 2.45) is 0 Å². The van der Waals surface area contributed by atoms with Crippen LogP contribution in [0.5, 0.6) is 0 Å². The first-order valence-corrected chi connectivity index (χ1v) is 24.7. The van der Waals surface area contributed by atoms with Crippen LogP contribution in [0.2, 0.25) is 0 Å². The molecule has 0 amide bonds. The van der Waals surface area contributed by atoms with Gasteiger partial charge in [0.15, 0.2) is 6.10 Å². The molecule has 60 heavy (non-hydrogen) atoms. The second-order valence-electron chi connectivity index (χ2n) is 17.7. The summed E-state index contributed by atoms with van der Waals surface area (Å²) in [4.78, 5) is 36.9. The van der Waals surface area contributed by atoms with Crippen LogP contribution in [-0.4, -0.2) is 75.5 Å². The van der Waals surface area contributed by atoms with E-state index in [9.17, 15) is 19.5 Å². The first-order chi connectivity index (χ1) is 29.1. The summed E-state index contributed by atoms with van der Waals surface area (Å²) < 4.78 is 17.1. The number of hydrogen-bond donors (Lipinski definition) is 0. The monoisotopic (exact) mass is 844 g/mol. The van der Waals surface area contributed by atoms with Crippen LogP contribution in [0.25, 0.3) is 0 Å². The number of carbonyl (C=O) groups is 3. The van der Waals surface area contributed by atoms with Crippen LogP contribution in [0.3, 0.4) is 0 Å². The van der Waals surface area contributed by atoms with Gasteiger partial charge in [-0.1, -0.05) is 178 Å². The van der Waals surface area contributed by atoms with Crippen molar-refractivity contribution >= 4 is 17.9 Å². The lowest BCUT2D eigenvalue weighted by Gasteiger charge is -2.34. The summed E-state index contributed by atoms with van der Waals surface area (Å²) >= 11 is 0. The Labute approximate surface area is 369 Å². The molecule has 0 heterocycles. The highest BCUT2D eigenvalue weighted by molar-refractivity contribution is 5.70.